The summed E-state index contributed by atoms with van der Waals surface area (Å²) in [6, 6.07) is 0.750. The van der Waals surface area contributed by atoms with Crippen molar-refractivity contribution in [2.45, 2.75) is 39.2 Å². The zero-order valence-corrected chi connectivity index (χ0v) is 9.71. The van der Waals surface area contributed by atoms with E-state index >= 15 is 0 Å². The molecular formula is C12H24N2. The first-order chi connectivity index (χ1) is 6.75. The molecule has 0 aliphatic carbocycles. The van der Waals surface area contributed by atoms with Crippen LogP contribution in [0, 0.1) is 5.92 Å². The SMILES string of the molecule is CC(C)N1CCC(CN2CCC2)CC1. The van der Waals surface area contributed by atoms with Gasteiger partial charge in [0.2, 0.25) is 0 Å². The smallest absolute Gasteiger partial charge is 0.00385 e. The zero-order valence-electron chi connectivity index (χ0n) is 9.71. The van der Waals surface area contributed by atoms with E-state index in [0.29, 0.717) is 0 Å². The third kappa shape index (κ3) is 2.48. The summed E-state index contributed by atoms with van der Waals surface area (Å²) in [6.07, 6.45) is 4.29. The molecule has 2 heterocycles. The van der Waals surface area contributed by atoms with E-state index in [9.17, 15) is 0 Å². The molecule has 0 aromatic heterocycles. The van der Waals surface area contributed by atoms with Gasteiger partial charge in [0, 0.05) is 12.6 Å². The van der Waals surface area contributed by atoms with Crippen LogP contribution < -0.4 is 0 Å². The van der Waals surface area contributed by atoms with E-state index in [4.69, 9.17) is 0 Å². The van der Waals surface area contributed by atoms with Crippen molar-refractivity contribution in [3.05, 3.63) is 0 Å². The molecule has 2 aliphatic rings. The van der Waals surface area contributed by atoms with Crippen LogP contribution in [-0.4, -0.2) is 48.6 Å². The Kier molecular flexibility index (Phi) is 3.45. The minimum absolute atomic E-state index is 0.750. The highest BCUT2D eigenvalue weighted by Gasteiger charge is 2.24. The van der Waals surface area contributed by atoms with E-state index in [2.05, 4.69) is 23.6 Å². The molecule has 0 aromatic rings. The van der Waals surface area contributed by atoms with Crippen LogP contribution in [0.15, 0.2) is 0 Å². The van der Waals surface area contributed by atoms with Crippen molar-refractivity contribution in [3.8, 4) is 0 Å². The number of piperidine rings is 1. The van der Waals surface area contributed by atoms with Gasteiger partial charge < -0.3 is 9.80 Å². The summed E-state index contributed by atoms with van der Waals surface area (Å²) >= 11 is 0. The van der Waals surface area contributed by atoms with Crippen molar-refractivity contribution < 1.29 is 0 Å². The lowest BCUT2D eigenvalue weighted by atomic mass is 9.94. The summed E-state index contributed by atoms with van der Waals surface area (Å²) in [4.78, 5) is 5.24. The van der Waals surface area contributed by atoms with Gasteiger partial charge in [-0.15, -0.1) is 0 Å². The van der Waals surface area contributed by atoms with Crippen molar-refractivity contribution >= 4 is 0 Å². The van der Waals surface area contributed by atoms with Crippen molar-refractivity contribution in [1.82, 2.24) is 9.80 Å². The summed E-state index contributed by atoms with van der Waals surface area (Å²) in [6.45, 7) is 11.4. The Morgan fingerprint density at radius 2 is 1.71 bits per heavy atom. The van der Waals surface area contributed by atoms with Gasteiger partial charge in [-0.05, 0) is 65.2 Å². The predicted octanol–water partition coefficient (Wildman–Crippen LogP) is 1.81. The maximum Gasteiger partial charge on any atom is 0.00385 e. The molecular weight excluding hydrogens is 172 g/mol. The van der Waals surface area contributed by atoms with Crippen molar-refractivity contribution in [2.24, 2.45) is 5.92 Å². The Labute approximate surface area is 88.3 Å². The molecule has 0 bridgehead atoms. The van der Waals surface area contributed by atoms with E-state index < -0.39 is 0 Å². The van der Waals surface area contributed by atoms with Gasteiger partial charge >= 0.3 is 0 Å². The fourth-order valence-corrected chi connectivity index (χ4v) is 2.58. The molecule has 2 aliphatic heterocycles. The lowest BCUT2D eigenvalue weighted by Crippen LogP contribution is -2.45. The Morgan fingerprint density at radius 1 is 1.07 bits per heavy atom. The van der Waals surface area contributed by atoms with Crippen LogP contribution in [-0.2, 0) is 0 Å². The van der Waals surface area contributed by atoms with E-state index in [0.717, 1.165) is 12.0 Å². The lowest BCUT2D eigenvalue weighted by Gasteiger charge is -2.39. The standard InChI is InChI=1S/C12H24N2/c1-11(2)14-8-4-12(5-9-14)10-13-6-3-7-13/h11-12H,3-10H2,1-2H3. The van der Waals surface area contributed by atoms with E-state index in [1.54, 1.807) is 0 Å². The molecule has 2 heteroatoms. The van der Waals surface area contributed by atoms with Gasteiger partial charge in [-0.1, -0.05) is 0 Å². The average molecular weight is 196 g/mol. The highest BCUT2D eigenvalue weighted by atomic mass is 15.2. The van der Waals surface area contributed by atoms with Crippen LogP contribution in [0.4, 0.5) is 0 Å². The molecule has 0 radical (unpaired) electrons. The fourth-order valence-electron chi connectivity index (χ4n) is 2.58. The first-order valence-electron chi connectivity index (χ1n) is 6.22. The number of likely N-dealkylation sites (tertiary alicyclic amines) is 2. The molecule has 2 fully saturated rings. The first-order valence-corrected chi connectivity index (χ1v) is 6.22. The van der Waals surface area contributed by atoms with E-state index in [1.165, 1.54) is 52.0 Å². The van der Waals surface area contributed by atoms with Crippen molar-refractivity contribution in [3.63, 3.8) is 0 Å². The molecule has 0 saturated carbocycles. The Hall–Kier alpha value is -0.0800. The molecule has 0 unspecified atom stereocenters. The summed E-state index contributed by atoms with van der Waals surface area (Å²) in [7, 11) is 0. The van der Waals surface area contributed by atoms with Gasteiger partial charge in [0.05, 0.1) is 0 Å². The molecule has 2 saturated heterocycles. The van der Waals surface area contributed by atoms with Crippen LogP contribution in [0.25, 0.3) is 0 Å². The Morgan fingerprint density at radius 3 is 2.14 bits per heavy atom. The highest BCUT2D eigenvalue weighted by molar-refractivity contribution is 4.79. The van der Waals surface area contributed by atoms with E-state index in [-0.39, 0.29) is 0 Å². The minimum Gasteiger partial charge on any atom is -0.303 e. The maximum atomic E-state index is 2.62. The number of hydrogen-bond donors (Lipinski definition) is 0. The Bertz CT molecular complexity index is 167. The largest absolute Gasteiger partial charge is 0.303 e. The van der Waals surface area contributed by atoms with Gasteiger partial charge in [0.15, 0.2) is 0 Å². The predicted molar refractivity (Wildman–Crippen MR) is 60.5 cm³/mol. The quantitative estimate of drug-likeness (QED) is 0.679. The van der Waals surface area contributed by atoms with Crippen LogP contribution in [0.2, 0.25) is 0 Å². The molecule has 0 amide bonds. The molecule has 0 N–H and O–H groups in total. The van der Waals surface area contributed by atoms with Crippen LogP contribution in [0.5, 0.6) is 0 Å². The third-order valence-corrected chi connectivity index (χ3v) is 3.84. The number of nitrogens with zero attached hydrogens (tertiary/aromatic N) is 2. The van der Waals surface area contributed by atoms with E-state index in [1.807, 2.05) is 0 Å². The van der Waals surface area contributed by atoms with Crippen LogP contribution >= 0.6 is 0 Å². The fraction of sp³-hybridized carbons (Fsp3) is 1.00. The van der Waals surface area contributed by atoms with Gasteiger partial charge in [-0.3, -0.25) is 0 Å². The average Bonchev–Trinajstić information content (AvgIpc) is 2.12. The van der Waals surface area contributed by atoms with Gasteiger partial charge in [0.25, 0.3) is 0 Å². The van der Waals surface area contributed by atoms with Crippen molar-refractivity contribution in [2.75, 3.05) is 32.7 Å². The van der Waals surface area contributed by atoms with Gasteiger partial charge in [-0.25, -0.2) is 0 Å². The molecule has 2 nitrogen and oxygen atoms in total. The maximum absolute atomic E-state index is 2.62. The molecule has 0 spiro atoms. The number of hydrogen-bond acceptors (Lipinski definition) is 2. The van der Waals surface area contributed by atoms with Crippen LogP contribution in [0.3, 0.4) is 0 Å². The number of rotatable bonds is 3. The summed E-state index contributed by atoms with van der Waals surface area (Å²) in [5, 5.41) is 0. The molecule has 0 atom stereocenters. The molecule has 2 rings (SSSR count). The van der Waals surface area contributed by atoms with Crippen molar-refractivity contribution in [1.29, 1.82) is 0 Å². The summed E-state index contributed by atoms with van der Waals surface area (Å²) in [5.41, 5.74) is 0. The second-order valence-electron chi connectivity index (χ2n) is 5.23. The lowest BCUT2D eigenvalue weighted by molar-refractivity contribution is 0.0963. The zero-order chi connectivity index (χ0) is 9.97. The van der Waals surface area contributed by atoms with Gasteiger partial charge in [0.1, 0.15) is 0 Å². The normalized spacial score (nSPS) is 26.8. The second-order valence-corrected chi connectivity index (χ2v) is 5.23. The molecule has 0 aromatic carbocycles. The molecule has 14 heavy (non-hydrogen) atoms. The third-order valence-electron chi connectivity index (χ3n) is 3.84. The highest BCUT2D eigenvalue weighted by Crippen LogP contribution is 2.21. The summed E-state index contributed by atoms with van der Waals surface area (Å²) in [5.74, 6) is 0.991. The van der Waals surface area contributed by atoms with Crippen LogP contribution in [0.1, 0.15) is 33.1 Å². The van der Waals surface area contributed by atoms with Gasteiger partial charge in [-0.2, -0.15) is 0 Å². The topological polar surface area (TPSA) is 6.48 Å². The summed E-state index contributed by atoms with van der Waals surface area (Å²) < 4.78 is 0. The second kappa shape index (κ2) is 4.63. The monoisotopic (exact) mass is 196 g/mol. The first kappa shape index (κ1) is 10.4. The minimum atomic E-state index is 0.750. The Balaban J connectivity index is 1.67. The molecule has 82 valence electrons.